The lowest BCUT2D eigenvalue weighted by Gasteiger charge is -2.24. The lowest BCUT2D eigenvalue weighted by Crippen LogP contribution is -2.23. The molecule has 1 saturated carbocycles. The summed E-state index contributed by atoms with van der Waals surface area (Å²) in [5.41, 5.74) is 2.20. The normalized spacial score (nSPS) is 17.7. The average molecular weight is 225 g/mol. The Morgan fingerprint density at radius 1 is 1.33 bits per heavy atom. The fourth-order valence-electron chi connectivity index (χ4n) is 2.15. The van der Waals surface area contributed by atoms with Gasteiger partial charge in [-0.15, -0.1) is 0 Å². The number of anilines is 1. The first-order valence-corrected chi connectivity index (χ1v) is 6.03. The molecular weight excluding hydrogens is 208 g/mol. The first-order valence-electron chi connectivity index (χ1n) is 5.65. The van der Waals surface area contributed by atoms with Crippen molar-refractivity contribution in [1.29, 1.82) is 0 Å². The zero-order valence-electron chi connectivity index (χ0n) is 9.09. The molecule has 0 amide bonds. The van der Waals surface area contributed by atoms with Gasteiger partial charge in [-0.25, -0.2) is 4.98 Å². The number of nitrogens with zero attached hydrogens (tertiary/aromatic N) is 1. The Labute approximate surface area is 96.1 Å². The molecule has 2 nitrogen and oxygen atoms in total. The maximum atomic E-state index is 6.08. The van der Waals surface area contributed by atoms with E-state index in [-0.39, 0.29) is 0 Å². The van der Waals surface area contributed by atoms with E-state index >= 15 is 0 Å². The molecule has 0 saturated heterocycles. The highest BCUT2D eigenvalue weighted by molar-refractivity contribution is 6.32. The summed E-state index contributed by atoms with van der Waals surface area (Å²) in [5, 5.41) is 4.12. The van der Waals surface area contributed by atoms with E-state index in [1.807, 2.05) is 6.07 Å². The second kappa shape index (κ2) is 4.84. The Morgan fingerprint density at radius 2 is 2.07 bits per heavy atom. The topological polar surface area (TPSA) is 24.9 Å². The van der Waals surface area contributed by atoms with Crippen LogP contribution in [0.3, 0.4) is 0 Å². The molecule has 0 aliphatic heterocycles. The highest BCUT2D eigenvalue weighted by Crippen LogP contribution is 2.27. The molecule has 1 aromatic rings. The van der Waals surface area contributed by atoms with Crippen LogP contribution >= 0.6 is 11.6 Å². The summed E-state index contributed by atoms with van der Waals surface area (Å²) in [6.07, 6.45) is 8.29. The van der Waals surface area contributed by atoms with E-state index in [0.717, 1.165) is 5.69 Å². The van der Waals surface area contributed by atoms with Gasteiger partial charge in [-0.1, -0.05) is 30.9 Å². The van der Waals surface area contributed by atoms with E-state index in [1.165, 1.54) is 37.7 Å². The minimum Gasteiger partial charge on any atom is -0.380 e. The summed E-state index contributed by atoms with van der Waals surface area (Å²) in [7, 11) is 0. The van der Waals surface area contributed by atoms with Gasteiger partial charge >= 0.3 is 0 Å². The van der Waals surface area contributed by atoms with Crippen LogP contribution in [-0.4, -0.2) is 11.0 Å². The number of rotatable bonds is 2. The highest BCUT2D eigenvalue weighted by Gasteiger charge is 2.15. The molecule has 3 heteroatoms. The molecule has 1 N–H and O–H groups in total. The van der Waals surface area contributed by atoms with Gasteiger partial charge in [0, 0.05) is 12.2 Å². The van der Waals surface area contributed by atoms with Gasteiger partial charge in [-0.05, 0) is 31.4 Å². The number of halogens is 1. The predicted molar refractivity (Wildman–Crippen MR) is 64.5 cm³/mol. The summed E-state index contributed by atoms with van der Waals surface area (Å²) < 4.78 is 0. The van der Waals surface area contributed by atoms with Crippen molar-refractivity contribution in [3.63, 3.8) is 0 Å². The molecule has 1 aliphatic carbocycles. The Kier molecular flexibility index (Phi) is 3.47. The molecule has 0 radical (unpaired) electrons. The number of aryl methyl sites for hydroxylation is 1. The van der Waals surface area contributed by atoms with Crippen LogP contribution in [0.2, 0.25) is 5.15 Å². The zero-order valence-corrected chi connectivity index (χ0v) is 9.85. The first kappa shape index (κ1) is 10.7. The van der Waals surface area contributed by atoms with Crippen molar-refractivity contribution in [2.45, 2.75) is 45.1 Å². The van der Waals surface area contributed by atoms with E-state index in [4.69, 9.17) is 11.6 Å². The van der Waals surface area contributed by atoms with Crippen LogP contribution in [0.4, 0.5) is 5.69 Å². The van der Waals surface area contributed by atoms with Gasteiger partial charge in [-0.2, -0.15) is 0 Å². The van der Waals surface area contributed by atoms with Crippen LogP contribution in [-0.2, 0) is 0 Å². The van der Waals surface area contributed by atoms with Crippen molar-refractivity contribution in [3.05, 3.63) is 23.0 Å². The van der Waals surface area contributed by atoms with Crippen LogP contribution in [0.5, 0.6) is 0 Å². The quantitative estimate of drug-likeness (QED) is 0.774. The van der Waals surface area contributed by atoms with Crippen molar-refractivity contribution >= 4 is 17.3 Å². The summed E-state index contributed by atoms with van der Waals surface area (Å²) in [6.45, 7) is 2.07. The van der Waals surface area contributed by atoms with Gasteiger partial charge in [0.2, 0.25) is 0 Å². The third-order valence-electron chi connectivity index (χ3n) is 3.07. The van der Waals surface area contributed by atoms with Crippen LogP contribution < -0.4 is 5.32 Å². The zero-order chi connectivity index (χ0) is 10.7. The van der Waals surface area contributed by atoms with Gasteiger partial charge in [0.15, 0.2) is 5.15 Å². The van der Waals surface area contributed by atoms with Crippen molar-refractivity contribution in [2.75, 3.05) is 5.32 Å². The molecule has 15 heavy (non-hydrogen) atoms. The fourth-order valence-corrected chi connectivity index (χ4v) is 2.41. The Balaban J connectivity index is 2.09. The Bertz CT molecular complexity index is 312. The number of pyridine rings is 1. The second-order valence-electron chi connectivity index (χ2n) is 4.27. The minimum absolute atomic E-state index is 0.583. The summed E-state index contributed by atoms with van der Waals surface area (Å²) in [6, 6.07) is 2.58. The van der Waals surface area contributed by atoms with Crippen LogP contribution in [0.15, 0.2) is 12.3 Å². The lowest BCUT2D eigenvalue weighted by molar-refractivity contribution is 0.462. The molecule has 0 bridgehead atoms. The molecule has 82 valence electrons. The van der Waals surface area contributed by atoms with E-state index < -0.39 is 0 Å². The van der Waals surface area contributed by atoms with Crippen LogP contribution in [0.1, 0.15) is 37.7 Å². The van der Waals surface area contributed by atoms with Crippen LogP contribution in [0, 0.1) is 6.92 Å². The van der Waals surface area contributed by atoms with Crippen molar-refractivity contribution in [3.8, 4) is 0 Å². The summed E-state index contributed by atoms with van der Waals surface area (Å²) in [4.78, 5) is 4.11. The van der Waals surface area contributed by atoms with E-state index in [0.29, 0.717) is 11.2 Å². The molecule has 1 fully saturated rings. The smallest absolute Gasteiger partial charge is 0.152 e. The largest absolute Gasteiger partial charge is 0.380 e. The molecule has 0 unspecified atom stereocenters. The van der Waals surface area contributed by atoms with Crippen molar-refractivity contribution in [1.82, 2.24) is 4.98 Å². The van der Waals surface area contributed by atoms with Crippen molar-refractivity contribution < 1.29 is 0 Å². The van der Waals surface area contributed by atoms with Gasteiger partial charge < -0.3 is 5.32 Å². The molecule has 2 rings (SSSR count). The molecular formula is C12H17ClN2. The van der Waals surface area contributed by atoms with Crippen LogP contribution in [0.25, 0.3) is 0 Å². The van der Waals surface area contributed by atoms with Gasteiger partial charge in [-0.3, -0.25) is 0 Å². The second-order valence-corrected chi connectivity index (χ2v) is 4.63. The van der Waals surface area contributed by atoms with E-state index in [1.54, 1.807) is 6.20 Å². The Hall–Kier alpha value is -0.760. The molecule has 1 aromatic heterocycles. The number of hydrogen-bond acceptors (Lipinski definition) is 2. The number of nitrogens with one attached hydrogen (secondary N) is 1. The maximum absolute atomic E-state index is 6.08. The highest BCUT2D eigenvalue weighted by atomic mass is 35.5. The van der Waals surface area contributed by atoms with E-state index in [2.05, 4.69) is 17.2 Å². The number of hydrogen-bond donors (Lipinski definition) is 1. The molecule has 1 aliphatic rings. The van der Waals surface area contributed by atoms with Crippen molar-refractivity contribution in [2.24, 2.45) is 0 Å². The monoisotopic (exact) mass is 224 g/mol. The minimum atomic E-state index is 0.583. The maximum Gasteiger partial charge on any atom is 0.152 e. The standard InChI is InChI=1S/C12H17ClN2/c1-9-7-8-14-12(13)11(9)15-10-5-3-2-4-6-10/h7-8,10,15H,2-6H2,1H3. The first-order chi connectivity index (χ1) is 7.27. The van der Waals surface area contributed by atoms with Gasteiger partial charge in [0.05, 0.1) is 5.69 Å². The summed E-state index contributed by atoms with van der Waals surface area (Å²) >= 11 is 6.08. The molecule has 1 heterocycles. The average Bonchev–Trinajstić information content (AvgIpc) is 2.25. The third-order valence-corrected chi connectivity index (χ3v) is 3.35. The summed E-state index contributed by atoms with van der Waals surface area (Å²) in [5.74, 6) is 0. The SMILES string of the molecule is Cc1ccnc(Cl)c1NC1CCCCC1. The predicted octanol–water partition coefficient (Wildman–Crippen LogP) is 3.79. The Morgan fingerprint density at radius 3 is 2.73 bits per heavy atom. The fraction of sp³-hybridized carbons (Fsp3) is 0.583. The number of aromatic nitrogens is 1. The van der Waals surface area contributed by atoms with Gasteiger partial charge in [0.25, 0.3) is 0 Å². The lowest BCUT2D eigenvalue weighted by atomic mass is 9.95. The third kappa shape index (κ3) is 2.63. The molecule has 0 spiro atoms. The van der Waals surface area contributed by atoms with E-state index in [9.17, 15) is 0 Å². The molecule has 0 aromatic carbocycles. The van der Waals surface area contributed by atoms with Gasteiger partial charge in [0.1, 0.15) is 0 Å². The molecule has 0 atom stereocenters.